The molecule has 0 heterocycles. The third kappa shape index (κ3) is 8.67. The van der Waals surface area contributed by atoms with Crippen LogP contribution in [0.1, 0.15) is 45.2 Å². The number of rotatable bonds is 12. The number of aryl methyl sites for hydroxylation is 1. The molecule has 1 atom stereocenters. The van der Waals surface area contributed by atoms with Gasteiger partial charge in [-0.15, -0.1) is 11.8 Å². The van der Waals surface area contributed by atoms with Gasteiger partial charge in [-0.05, 0) is 73.5 Å². The fourth-order valence-corrected chi connectivity index (χ4v) is 5.32. The van der Waals surface area contributed by atoms with Gasteiger partial charge in [-0.2, -0.15) is 0 Å². The van der Waals surface area contributed by atoms with Crippen LogP contribution < -0.4 is 16.0 Å². The summed E-state index contributed by atoms with van der Waals surface area (Å²) in [6, 6.07) is 25.3. The van der Waals surface area contributed by atoms with Crippen LogP contribution in [0, 0.1) is 17.0 Å². The summed E-state index contributed by atoms with van der Waals surface area (Å²) in [6.45, 7) is 3.61. The first-order valence-corrected chi connectivity index (χ1v) is 15.0. The molecule has 4 rings (SSSR count). The lowest BCUT2D eigenvalue weighted by Crippen LogP contribution is -2.30. The van der Waals surface area contributed by atoms with Crippen LogP contribution >= 0.6 is 11.8 Å². The van der Waals surface area contributed by atoms with Gasteiger partial charge >= 0.3 is 5.97 Å². The highest BCUT2D eigenvalue weighted by Crippen LogP contribution is 2.29. The van der Waals surface area contributed by atoms with Crippen molar-refractivity contribution in [3.8, 4) is 0 Å². The van der Waals surface area contributed by atoms with Gasteiger partial charge in [0.1, 0.15) is 5.70 Å². The predicted molar refractivity (Wildman–Crippen MR) is 177 cm³/mol. The van der Waals surface area contributed by atoms with Crippen molar-refractivity contribution in [3.05, 3.63) is 135 Å². The zero-order valence-corrected chi connectivity index (χ0v) is 25.7. The molecule has 0 bridgehead atoms. The second-order valence-electron chi connectivity index (χ2n) is 10.0. The monoisotopic (exact) mass is 638 g/mol. The zero-order valence-electron chi connectivity index (χ0n) is 24.9. The molecule has 0 saturated heterocycles. The minimum atomic E-state index is -1.10. The van der Waals surface area contributed by atoms with Gasteiger partial charge in [0.15, 0.2) is 0 Å². The van der Waals surface area contributed by atoms with Crippen LogP contribution in [0.4, 0.5) is 17.1 Å². The molecule has 0 radical (unpaired) electrons. The lowest BCUT2D eigenvalue weighted by molar-refractivity contribution is -0.385. The second-order valence-corrected chi connectivity index (χ2v) is 11.3. The highest BCUT2D eigenvalue weighted by Gasteiger charge is 2.21. The lowest BCUT2D eigenvalue weighted by Gasteiger charge is -2.17. The maximum atomic E-state index is 13.5. The lowest BCUT2D eigenvalue weighted by atomic mass is 10.1. The van der Waals surface area contributed by atoms with Gasteiger partial charge in [0, 0.05) is 27.9 Å². The van der Waals surface area contributed by atoms with Crippen molar-refractivity contribution in [2.75, 3.05) is 10.6 Å². The minimum Gasteiger partial charge on any atom is -0.478 e. The summed E-state index contributed by atoms with van der Waals surface area (Å²) in [6.07, 6.45) is 1.70. The summed E-state index contributed by atoms with van der Waals surface area (Å²) in [5.41, 5.74) is 1.48. The van der Waals surface area contributed by atoms with Gasteiger partial charge in [-0.25, -0.2) is 4.79 Å². The second kappa shape index (κ2) is 15.3. The number of nitrogens with zero attached hydrogens (tertiary/aromatic N) is 1. The number of nitro benzene ring substituents is 1. The molecule has 0 fully saturated rings. The number of carbonyl (C=O) groups excluding carboxylic acids is 3. The maximum absolute atomic E-state index is 13.5. The van der Waals surface area contributed by atoms with Crippen molar-refractivity contribution >= 4 is 58.6 Å². The van der Waals surface area contributed by atoms with Gasteiger partial charge in [0.25, 0.3) is 17.5 Å². The first-order valence-electron chi connectivity index (χ1n) is 14.1. The Morgan fingerprint density at radius 3 is 2.30 bits per heavy atom. The summed E-state index contributed by atoms with van der Waals surface area (Å²) < 4.78 is 0. The van der Waals surface area contributed by atoms with E-state index in [0.717, 1.165) is 0 Å². The van der Waals surface area contributed by atoms with Gasteiger partial charge < -0.3 is 21.1 Å². The average Bonchev–Trinajstić information content (AvgIpc) is 3.04. The van der Waals surface area contributed by atoms with Crippen LogP contribution in [0.25, 0.3) is 6.08 Å². The Morgan fingerprint density at radius 1 is 0.891 bits per heavy atom. The Bertz CT molecular complexity index is 1830. The predicted octanol–water partition coefficient (Wildman–Crippen LogP) is 6.52. The maximum Gasteiger partial charge on any atom is 0.335 e. The number of hydrogen-bond donors (Lipinski definition) is 4. The Kier molecular flexibility index (Phi) is 11.0. The molecule has 12 heteroatoms. The molecule has 4 aromatic rings. The number of nitro groups is 1. The van der Waals surface area contributed by atoms with E-state index in [0.29, 0.717) is 28.3 Å². The molecule has 234 valence electrons. The molecular formula is C34H30N4O7S. The standard InChI is InChI=1S/C34H30N4O7S/c1-3-30(33(41)36-27-19-24(34(42)43)17-16-21(27)2)46-26-14-9-13-25(20-26)35-32(40)28(37-31(39)22-10-5-4-6-11-22)18-23-12-7-8-15-29(23)38(44)45/h4-20,30H,3H2,1-2H3,(H,35,40)(H,36,41)(H,37,39)(H,42,43)/b28-18+. The van der Waals surface area contributed by atoms with Crippen LogP contribution in [0.3, 0.4) is 0 Å². The van der Waals surface area contributed by atoms with E-state index in [1.807, 2.05) is 6.92 Å². The number of anilines is 2. The van der Waals surface area contributed by atoms with Crippen LogP contribution in [0.15, 0.2) is 108 Å². The fourth-order valence-electron chi connectivity index (χ4n) is 4.31. The number of amides is 3. The molecule has 0 aliphatic heterocycles. The molecule has 4 N–H and O–H groups in total. The molecule has 0 spiro atoms. The van der Waals surface area contributed by atoms with Crippen LogP contribution in [0.5, 0.6) is 0 Å². The van der Waals surface area contributed by atoms with E-state index >= 15 is 0 Å². The van der Waals surface area contributed by atoms with E-state index < -0.39 is 28.0 Å². The van der Waals surface area contributed by atoms with Crippen molar-refractivity contribution in [1.82, 2.24) is 5.32 Å². The summed E-state index contributed by atoms with van der Waals surface area (Å²) in [5.74, 6) is -2.71. The van der Waals surface area contributed by atoms with Crippen molar-refractivity contribution < 1.29 is 29.2 Å². The minimum absolute atomic E-state index is 0.0558. The third-order valence-electron chi connectivity index (χ3n) is 6.74. The van der Waals surface area contributed by atoms with E-state index in [9.17, 15) is 34.4 Å². The van der Waals surface area contributed by atoms with E-state index in [-0.39, 0.29) is 34.0 Å². The van der Waals surface area contributed by atoms with Crippen LogP contribution in [0.2, 0.25) is 0 Å². The summed E-state index contributed by atoms with van der Waals surface area (Å²) in [7, 11) is 0. The molecule has 46 heavy (non-hydrogen) atoms. The molecule has 0 aliphatic carbocycles. The molecule has 11 nitrogen and oxygen atoms in total. The number of carbonyl (C=O) groups is 4. The molecule has 4 aromatic carbocycles. The fraction of sp³-hybridized carbons (Fsp3) is 0.118. The number of para-hydroxylation sites is 1. The van der Waals surface area contributed by atoms with Crippen LogP contribution in [-0.4, -0.2) is 39.0 Å². The molecule has 0 aliphatic rings. The van der Waals surface area contributed by atoms with Crippen molar-refractivity contribution in [2.45, 2.75) is 30.4 Å². The van der Waals surface area contributed by atoms with Gasteiger partial charge in [-0.1, -0.05) is 49.4 Å². The smallest absolute Gasteiger partial charge is 0.335 e. The largest absolute Gasteiger partial charge is 0.478 e. The van der Waals surface area contributed by atoms with Gasteiger partial charge in [0.05, 0.1) is 21.3 Å². The first-order chi connectivity index (χ1) is 22.0. The number of thioether (sulfide) groups is 1. The summed E-state index contributed by atoms with van der Waals surface area (Å²) in [5, 5.41) is 28.5. The summed E-state index contributed by atoms with van der Waals surface area (Å²) >= 11 is 1.26. The molecule has 0 aromatic heterocycles. The van der Waals surface area contributed by atoms with Crippen molar-refractivity contribution in [3.63, 3.8) is 0 Å². The van der Waals surface area contributed by atoms with Gasteiger partial charge in [-0.3, -0.25) is 24.5 Å². The highest BCUT2D eigenvalue weighted by molar-refractivity contribution is 8.00. The topological polar surface area (TPSA) is 168 Å². The number of carboxylic acids is 1. The molecule has 0 saturated carbocycles. The van der Waals surface area contributed by atoms with Crippen LogP contribution in [-0.2, 0) is 9.59 Å². The Balaban J connectivity index is 1.55. The summed E-state index contributed by atoms with van der Waals surface area (Å²) in [4.78, 5) is 62.7. The van der Waals surface area contributed by atoms with Gasteiger partial charge in [0.2, 0.25) is 5.91 Å². The average molecular weight is 639 g/mol. The molecular weight excluding hydrogens is 608 g/mol. The Morgan fingerprint density at radius 2 is 1.61 bits per heavy atom. The zero-order chi connectivity index (χ0) is 33.2. The third-order valence-corrected chi connectivity index (χ3v) is 8.10. The van der Waals surface area contributed by atoms with Crippen molar-refractivity contribution in [2.24, 2.45) is 0 Å². The number of carboxylic acid groups (broad SMARTS) is 1. The van der Waals surface area contributed by atoms with E-state index in [2.05, 4.69) is 16.0 Å². The number of aromatic carboxylic acids is 1. The van der Waals surface area contributed by atoms with E-state index in [4.69, 9.17) is 0 Å². The number of nitrogens with one attached hydrogen (secondary N) is 3. The van der Waals surface area contributed by atoms with E-state index in [1.54, 1.807) is 73.7 Å². The van der Waals surface area contributed by atoms with Crippen molar-refractivity contribution in [1.29, 1.82) is 0 Å². The number of benzene rings is 4. The quantitative estimate of drug-likeness (QED) is 0.0589. The Hall–Kier alpha value is -5.75. The highest BCUT2D eigenvalue weighted by atomic mass is 32.2. The molecule has 3 amide bonds. The SMILES string of the molecule is CCC(Sc1cccc(NC(=O)/C(=C\c2ccccc2[N+](=O)[O-])NC(=O)c2ccccc2)c1)C(=O)Nc1cc(C(=O)O)ccc1C. The Labute approximate surface area is 268 Å². The van der Waals surface area contributed by atoms with E-state index in [1.165, 1.54) is 48.2 Å². The first kappa shape index (κ1) is 33.1. The number of hydrogen-bond acceptors (Lipinski definition) is 7. The normalized spacial score (nSPS) is 11.7. The molecule has 1 unspecified atom stereocenters.